The third-order valence-corrected chi connectivity index (χ3v) is 4.43. The number of amides is 1. The van der Waals surface area contributed by atoms with E-state index < -0.39 is 11.7 Å². The fourth-order valence-electron chi connectivity index (χ4n) is 3.19. The summed E-state index contributed by atoms with van der Waals surface area (Å²) in [6.07, 6.45) is 2.13. The molecule has 1 amide bonds. The average Bonchev–Trinajstić information content (AvgIpc) is 2.82. The van der Waals surface area contributed by atoms with Crippen LogP contribution in [-0.4, -0.2) is 18.3 Å². The highest BCUT2D eigenvalue weighted by Crippen LogP contribution is 2.34. The van der Waals surface area contributed by atoms with Gasteiger partial charge in [0.25, 0.3) is 11.7 Å². The molecule has 0 fully saturated rings. The zero-order chi connectivity index (χ0) is 18.0. The van der Waals surface area contributed by atoms with Gasteiger partial charge in [-0.05, 0) is 55.2 Å². The summed E-state index contributed by atoms with van der Waals surface area (Å²) >= 11 is 0. The molecule has 4 nitrogen and oxygen atoms in total. The van der Waals surface area contributed by atoms with Gasteiger partial charge in [-0.25, -0.2) is 0 Å². The summed E-state index contributed by atoms with van der Waals surface area (Å²) in [4.78, 5) is 26.3. The summed E-state index contributed by atoms with van der Waals surface area (Å²) < 4.78 is 5.66. The zero-order valence-corrected chi connectivity index (χ0v) is 15.0. The molecule has 0 spiro atoms. The van der Waals surface area contributed by atoms with Crippen molar-refractivity contribution in [3.63, 3.8) is 0 Å². The number of nitrogens with zero attached hydrogens (tertiary/aromatic N) is 1. The first-order valence-corrected chi connectivity index (χ1v) is 8.70. The van der Waals surface area contributed by atoms with Gasteiger partial charge in [-0.2, -0.15) is 0 Å². The van der Waals surface area contributed by atoms with Crippen LogP contribution in [0.5, 0.6) is 5.75 Å². The van der Waals surface area contributed by atoms with Gasteiger partial charge in [0.2, 0.25) is 0 Å². The summed E-state index contributed by atoms with van der Waals surface area (Å²) in [5.41, 5.74) is 4.17. The van der Waals surface area contributed by atoms with E-state index in [1.807, 2.05) is 44.2 Å². The van der Waals surface area contributed by atoms with E-state index in [1.165, 1.54) is 0 Å². The number of ketones is 1. The number of carbonyl (C=O) groups excluding carboxylic acids is 2. The molecule has 3 rings (SSSR count). The molecule has 0 bridgehead atoms. The summed E-state index contributed by atoms with van der Waals surface area (Å²) in [5.74, 6) is -0.0403. The molecule has 25 heavy (non-hydrogen) atoms. The van der Waals surface area contributed by atoms with Crippen molar-refractivity contribution >= 4 is 17.4 Å². The van der Waals surface area contributed by atoms with Gasteiger partial charge >= 0.3 is 0 Å². The van der Waals surface area contributed by atoms with E-state index in [-0.39, 0.29) is 0 Å². The molecule has 0 atom stereocenters. The van der Waals surface area contributed by atoms with E-state index in [0.717, 1.165) is 41.0 Å². The Bertz CT molecular complexity index is 809. The highest BCUT2D eigenvalue weighted by atomic mass is 16.5. The molecule has 2 aromatic rings. The minimum absolute atomic E-state index is 0.386. The number of carbonyl (C=O) groups is 2. The number of ether oxygens (including phenoxy) is 1. The van der Waals surface area contributed by atoms with E-state index in [1.54, 1.807) is 11.0 Å². The Morgan fingerprint density at radius 3 is 2.44 bits per heavy atom. The second-order valence-corrected chi connectivity index (χ2v) is 6.54. The van der Waals surface area contributed by atoms with Crippen molar-refractivity contribution < 1.29 is 14.3 Å². The monoisotopic (exact) mass is 337 g/mol. The molecule has 0 aliphatic carbocycles. The van der Waals surface area contributed by atoms with Crippen LogP contribution in [0.3, 0.4) is 0 Å². The number of aryl methyl sites for hydroxylation is 2. The molecule has 0 unspecified atom stereocenters. The summed E-state index contributed by atoms with van der Waals surface area (Å²) in [7, 11) is 0. The van der Waals surface area contributed by atoms with Gasteiger partial charge < -0.3 is 9.64 Å². The Morgan fingerprint density at radius 2 is 1.76 bits per heavy atom. The van der Waals surface area contributed by atoms with Crippen LogP contribution in [0.25, 0.3) is 0 Å². The lowest BCUT2D eigenvalue weighted by Gasteiger charge is -2.19. The van der Waals surface area contributed by atoms with Crippen LogP contribution >= 0.6 is 0 Å². The van der Waals surface area contributed by atoms with Crippen LogP contribution in [0.15, 0.2) is 36.4 Å². The second kappa shape index (κ2) is 7.09. The lowest BCUT2D eigenvalue weighted by atomic mass is 10.0. The van der Waals surface area contributed by atoms with Crippen LogP contribution in [-0.2, 0) is 11.3 Å². The fourth-order valence-corrected chi connectivity index (χ4v) is 3.19. The van der Waals surface area contributed by atoms with E-state index in [4.69, 9.17) is 4.74 Å². The molecular weight excluding hydrogens is 314 g/mol. The molecule has 1 heterocycles. The molecule has 0 N–H and O–H groups in total. The number of benzene rings is 2. The molecule has 130 valence electrons. The molecule has 4 heteroatoms. The maximum absolute atomic E-state index is 12.4. The maximum atomic E-state index is 12.4. The zero-order valence-electron chi connectivity index (χ0n) is 15.0. The SMILES string of the molecule is CCCCOc1ccc(CN2C(=O)C(=O)c3cc(C)cc(C)c32)cc1. The van der Waals surface area contributed by atoms with Crippen molar-refractivity contribution in [3.05, 3.63) is 58.7 Å². The van der Waals surface area contributed by atoms with Gasteiger partial charge in [-0.3, -0.25) is 9.59 Å². The lowest BCUT2D eigenvalue weighted by molar-refractivity contribution is -0.114. The van der Waals surface area contributed by atoms with E-state index in [9.17, 15) is 9.59 Å². The Labute approximate surface area is 148 Å². The van der Waals surface area contributed by atoms with Crippen LogP contribution in [0.2, 0.25) is 0 Å². The molecule has 2 aromatic carbocycles. The second-order valence-electron chi connectivity index (χ2n) is 6.54. The van der Waals surface area contributed by atoms with Gasteiger partial charge in [0.05, 0.1) is 24.4 Å². The number of rotatable bonds is 6. The average molecular weight is 337 g/mol. The van der Waals surface area contributed by atoms with Gasteiger partial charge in [0.1, 0.15) is 5.75 Å². The van der Waals surface area contributed by atoms with Crippen LogP contribution in [0, 0.1) is 13.8 Å². The van der Waals surface area contributed by atoms with Crippen molar-refractivity contribution in [1.29, 1.82) is 0 Å². The third-order valence-electron chi connectivity index (χ3n) is 4.43. The predicted octanol–water partition coefficient (Wildman–Crippen LogP) is 4.21. The van der Waals surface area contributed by atoms with Crippen LogP contribution in [0.4, 0.5) is 5.69 Å². The van der Waals surface area contributed by atoms with Crippen molar-refractivity contribution in [2.75, 3.05) is 11.5 Å². The fraction of sp³-hybridized carbons (Fsp3) is 0.333. The number of Topliss-reactive ketones (excluding diaryl/α,β-unsaturated/α-hetero) is 1. The Morgan fingerprint density at radius 1 is 1.04 bits per heavy atom. The first-order valence-electron chi connectivity index (χ1n) is 8.70. The van der Waals surface area contributed by atoms with Gasteiger partial charge in [-0.1, -0.05) is 31.5 Å². The minimum atomic E-state index is -0.452. The minimum Gasteiger partial charge on any atom is -0.494 e. The molecule has 0 saturated carbocycles. The largest absolute Gasteiger partial charge is 0.494 e. The molecule has 1 aliphatic rings. The Balaban J connectivity index is 1.80. The molecular formula is C21H23NO3. The smallest absolute Gasteiger partial charge is 0.299 e. The maximum Gasteiger partial charge on any atom is 0.299 e. The highest BCUT2D eigenvalue weighted by Gasteiger charge is 2.37. The number of anilines is 1. The number of fused-ring (bicyclic) bond motifs is 1. The van der Waals surface area contributed by atoms with Gasteiger partial charge in [0.15, 0.2) is 0 Å². The first-order chi connectivity index (χ1) is 12.0. The van der Waals surface area contributed by atoms with E-state index >= 15 is 0 Å². The number of hydrogen-bond acceptors (Lipinski definition) is 3. The van der Waals surface area contributed by atoms with Crippen molar-refractivity contribution in [3.8, 4) is 5.75 Å². The van der Waals surface area contributed by atoms with Gasteiger partial charge in [-0.15, -0.1) is 0 Å². The van der Waals surface area contributed by atoms with Crippen LogP contribution < -0.4 is 9.64 Å². The van der Waals surface area contributed by atoms with Crippen molar-refractivity contribution in [2.24, 2.45) is 0 Å². The van der Waals surface area contributed by atoms with Gasteiger partial charge in [0, 0.05) is 0 Å². The number of hydrogen-bond donors (Lipinski definition) is 0. The summed E-state index contributed by atoms with van der Waals surface area (Å²) in [6.45, 7) is 7.10. The number of unbranched alkanes of at least 4 members (excludes halogenated alkanes) is 1. The molecule has 0 aromatic heterocycles. The first kappa shape index (κ1) is 17.2. The molecule has 0 radical (unpaired) electrons. The predicted molar refractivity (Wildman–Crippen MR) is 98.3 cm³/mol. The van der Waals surface area contributed by atoms with Crippen LogP contribution in [0.1, 0.15) is 46.8 Å². The lowest BCUT2D eigenvalue weighted by Crippen LogP contribution is -2.29. The summed E-state index contributed by atoms with van der Waals surface area (Å²) in [6, 6.07) is 11.5. The summed E-state index contributed by atoms with van der Waals surface area (Å²) in [5, 5.41) is 0. The Kier molecular flexibility index (Phi) is 4.88. The van der Waals surface area contributed by atoms with E-state index in [2.05, 4.69) is 6.92 Å². The normalized spacial score (nSPS) is 13.3. The molecule has 0 saturated heterocycles. The molecule has 1 aliphatic heterocycles. The third kappa shape index (κ3) is 3.43. The topological polar surface area (TPSA) is 46.6 Å². The standard InChI is InChI=1S/C21H23NO3/c1-4-5-10-25-17-8-6-16(7-9-17)13-22-19-15(3)11-14(2)12-18(19)20(23)21(22)24/h6-9,11-12H,4-5,10,13H2,1-3H3. The van der Waals surface area contributed by atoms with Crippen molar-refractivity contribution in [2.45, 2.75) is 40.2 Å². The van der Waals surface area contributed by atoms with E-state index in [0.29, 0.717) is 18.7 Å². The highest BCUT2D eigenvalue weighted by molar-refractivity contribution is 6.52. The quantitative estimate of drug-likeness (QED) is 0.586. The Hall–Kier alpha value is -2.62. The van der Waals surface area contributed by atoms with Crippen molar-refractivity contribution in [1.82, 2.24) is 0 Å².